The van der Waals surface area contributed by atoms with Gasteiger partial charge in [-0.15, -0.1) is 0 Å². The second kappa shape index (κ2) is 8.37. The van der Waals surface area contributed by atoms with Crippen LogP contribution in [-0.4, -0.2) is 39.8 Å². The Hall–Kier alpha value is -2.76. The average Bonchev–Trinajstić information content (AvgIpc) is 2.96. The predicted molar refractivity (Wildman–Crippen MR) is 94.0 cm³/mol. The first-order valence-electron chi connectivity index (χ1n) is 8.67. The minimum absolute atomic E-state index is 0.0249. The quantitative estimate of drug-likeness (QED) is 0.929. The van der Waals surface area contributed by atoms with Crippen molar-refractivity contribution in [2.24, 2.45) is 0 Å². The molecule has 1 saturated heterocycles. The fourth-order valence-corrected chi connectivity index (χ4v) is 2.91. The zero-order chi connectivity index (χ0) is 17.5. The molecule has 6 heteroatoms. The molecule has 0 bridgehead atoms. The molecule has 2 aromatic rings. The highest BCUT2D eigenvalue weighted by atomic mass is 16.2. The van der Waals surface area contributed by atoms with Crippen molar-refractivity contribution in [3.63, 3.8) is 0 Å². The standard InChI is InChI=1S/C19H22N4O2/c24-18(22-14-16-7-3-4-9-20-16)17-13-15(8-10-21-17)19(25)23-11-5-1-2-6-12-23/h3-4,7-10,13H,1-2,5-6,11-12,14H2,(H,22,24). The number of hydrogen-bond donors (Lipinski definition) is 1. The number of likely N-dealkylation sites (tertiary alicyclic amines) is 1. The van der Waals surface area contributed by atoms with Gasteiger partial charge in [0.25, 0.3) is 11.8 Å². The van der Waals surface area contributed by atoms with Gasteiger partial charge < -0.3 is 10.2 Å². The molecule has 130 valence electrons. The number of carbonyl (C=O) groups is 2. The molecule has 3 rings (SSSR count). The van der Waals surface area contributed by atoms with Crippen LogP contribution in [0.4, 0.5) is 0 Å². The molecule has 3 heterocycles. The van der Waals surface area contributed by atoms with Crippen LogP contribution in [0.1, 0.15) is 52.2 Å². The van der Waals surface area contributed by atoms with Crippen molar-refractivity contribution in [1.29, 1.82) is 0 Å². The summed E-state index contributed by atoms with van der Waals surface area (Å²) < 4.78 is 0. The third-order valence-corrected chi connectivity index (χ3v) is 4.29. The molecule has 2 amide bonds. The summed E-state index contributed by atoms with van der Waals surface area (Å²) in [4.78, 5) is 35.1. The molecule has 25 heavy (non-hydrogen) atoms. The summed E-state index contributed by atoms with van der Waals surface area (Å²) in [6.07, 6.45) is 7.60. The average molecular weight is 338 g/mol. The van der Waals surface area contributed by atoms with E-state index in [4.69, 9.17) is 0 Å². The number of hydrogen-bond acceptors (Lipinski definition) is 4. The molecule has 0 spiro atoms. The van der Waals surface area contributed by atoms with Crippen molar-refractivity contribution < 1.29 is 9.59 Å². The lowest BCUT2D eigenvalue weighted by Crippen LogP contribution is -2.32. The minimum Gasteiger partial charge on any atom is -0.345 e. The van der Waals surface area contributed by atoms with Crippen molar-refractivity contribution in [2.75, 3.05) is 13.1 Å². The van der Waals surface area contributed by atoms with Crippen molar-refractivity contribution >= 4 is 11.8 Å². The Balaban J connectivity index is 1.65. The summed E-state index contributed by atoms with van der Waals surface area (Å²) in [7, 11) is 0. The minimum atomic E-state index is -0.309. The molecule has 0 saturated carbocycles. The van der Waals surface area contributed by atoms with E-state index in [1.54, 1.807) is 18.3 Å². The largest absolute Gasteiger partial charge is 0.345 e. The zero-order valence-electron chi connectivity index (χ0n) is 14.1. The number of carbonyl (C=O) groups excluding carboxylic acids is 2. The number of aromatic nitrogens is 2. The van der Waals surface area contributed by atoms with Crippen molar-refractivity contribution in [1.82, 2.24) is 20.2 Å². The van der Waals surface area contributed by atoms with Gasteiger partial charge in [0.15, 0.2) is 0 Å². The monoisotopic (exact) mass is 338 g/mol. The molecule has 0 unspecified atom stereocenters. The highest BCUT2D eigenvalue weighted by molar-refractivity contribution is 5.98. The van der Waals surface area contributed by atoms with Crippen molar-refractivity contribution in [3.8, 4) is 0 Å². The second-order valence-corrected chi connectivity index (χ2v) is 6.14. The van der Waals surface area contributed by atoms with Crippen LogP contribution in [0.15, 0.2) is 42.7 Å². The molecular weight excluding hydrogens is 316 g/mol. The van der Waals surface area contributed by atoms with Crippen LogP contribution in [0.5, 0.6) is 0 Å². The lowest BCUT2D eigenvalue weighted by Gasteiger charge is -2.20. The number of nitrogens with one attached hydrogen (secondary N) is 1. The van der Waals surface area contributed by atoms with E-state index in [1.165, 1.54) is 19.0 Å². The van der Waals surface area contributed by atoms with E-state index in [9.17, 15) is 9.59 Å². The van der Waals surface area contributed by atoms with E-state index in [1.807, 2.05) is 23.1 Å². The van der Waals surface area contributed by atoms with E-state index in [2.05, 4.69) is 15.3 Å². The Kier molecular flexibility index (Phi) is 5.72. The molecule has 1 aliphatic rings. The molecule has 2 aromatic heterocycles. The highest BCUT2D eigenvalue weighted by Gasteiger charge is 2.19. The molecule has 0 radical (unpaired) electrons. The van der Waals surface area contributed by atoms with Crippen LogP contribution in [0.3, 0.4) is 0 Å². The maximum Gasteiger partial charge on any atom is 0.270 e. The van der Waals surface area contributed by atoms with E-state index >= 15 is 0 Å². The van der Waals surface area contributed by atoms with Crippen molar-refractivity contribution in [3.05, 3.63) is 59.7 Å². The normalized spacial score (nSPS) is 14.6. The molecule has 0 aromatic carbocycles. The molecule has 1 aliphatic heterocycles. The van der Waals surface area contributed by atoms with Crippen LogP contribution in [0, 0.1) is 0 Å². The number of rotatable bonds is 4. The molecule has 1 N–H and O–H groups in total. The maximum atomic E-state index is 12.7. The maximum absolute atomic E-state index is 12.7. The molecule has 0 aliphatic carbocycles. The summed E-state index contributed by atoms with van der Waals surface area (Å²) in [5, 5.41) is 2.78. The first-order chi connectivity index (χ1) is 12.2. The SMILES string of the molecule is O=C(NCc1ccccn1)c1cc(C(=O)N2CCCCCC2)ccn1. The van der Waals surface area contributed by atoms with E-state index in [-0.39, 0.29) is 17.5 Å². The van der Waals surface area contributed by atoms with Crippen molar-refractivity contribution in [2.45, 2.75) is 32.2 Å². The third-order valence-electron chi connectivity index (χ3n) is 4.29. The Morgan fingerprint density at radius 2 is 1.80 bits per heavy atom. The Labute approximate surface area is 147 Å². The van der Waals surface area contributed by atoms with Crippen LogP contribution in [0.2, 0.25) is 0 Å². The summed E-state index contributed by atoms with van der Waals surface area (Å²) in [6, 6.07) is 8.77. The molecule has 6 nitrogen and oxygen atoms in total. The fraction of sp³-hybridized carbons (Fsp3) is 0.368. The summed E-state index contributed by atoms with van der Waals surface area (Å²) >= 11 is 0. The van der Waals surface area contributed by atoms with E-state index in [0.717, 1.165) is 31.6 Å². The van der Waals surface area contributed by atoms with Gasteiger partial charge in [0.05, 0.1) is 12.2 Å². The van der Waals surface area contributed by atoms with Crippen LogP contribution in [0.25, 0.3) is 0 Å². The fourth-order valence-electron chi connectivity index (χ4n) is 2.91. The van der Waals surface area contributed by atoms with Gasteiger partial charge in [-0.3, -0.25) is 19.6 Å². The summed E-state index contributed by atoms with van der Waals surface area (Å²) in [5.74, 6) is -0.334. The lowest BCUT2D eigenvalue weighted by atomic mass is 10.2. The molecule has 1 fully saturated rings. The third kappa shape index (κ3) is 4.62. The van der Waals surface area contributed by atoms with Gasteiger partial charge in [0, 0.05) is 31.0 Å². The van der Waals surface area contributed by atoms with Gasteiger partial charge in [-0.2, -0.15) is 0 Å². The number of amides is 2. The lowest BCUT2D eigenvalue weighted by molar-refractivity contribution is 0.0761. The van der Waals surface area contributed by atoms with E-state index < -0.39 is 0 Å². The topological polar surface area (TPSA) is 75.2 Å². The van der Waals surface area contributed by atoms with Crippen LogP contribution >= 0.6 is 0 Å². The predicted octanol–water partition coefficient (Wildman–Crippen LogP) is 2.42. The number of nitrogens with zero attached hydrogens (tertiary/aromatic N) is 3. The van der Waals surface area contributed by atoms with Crippen LogP contribution in [-0.2, 0) is 6.54 Å². The Bertz CT molecular complexity index is 725. The van der Waals surface area contributed by atoms with E-state index in [0.29, 0.717) is 12.1 Å². The Morgan fingerprint density at radius 3 is 2.52 bits per heavy atom. The van der Waals surface area contributed by atoms with Gasteiger partial charge in [-0.25, -0.2) is 0 Å². The van der Waals surface area contributed by atoms with Gasteiger partial charge in [0.1, 0.15) is 5.69 Å². The highest BCUT2D eigenvalue weighted by Crippen LogP contribution is 2.13. The summed E-state index contributed by atoms with van der Waals surface area (Å²) in [5.41, 5.74) is 1.53. The Morgan fingerprint density at radius 1 is 1.00 bits per heavy atom. The zero-order valence-corrected chi connectivity index (χ0v) is 14.1. The second-order valence-electron chi connectivity index (χ2n) is 6.14. The smallest absolute Gasteiger partial charge is 0.270 e. The van der Waals surface area contributed by atoms with Gasteiger partial charge >= 0.3 is 0 Å². The first-order valence-corrected chi connectivity index (χ1v) is 8.67. The van der Waals surface area contributed by atoms with Crippen LogP contribution < -0.4 is 5.32 Å². The van der Waals surface area contributed by atoms with Gasteiger partial charge in [-0.1, -0.05) is 18.9 Å². The number of pyridine rings is 2. The van der Waals surface area contributed by atoms with Gasteiger partial charge in [-0.05, 0) is 37.1 Å². The first kappa shape index (κ1) is 17.1. The molecule has 0 atom stereocenters. The van der Waals surface area contributed by atoms with Gasteiger partial charge in [0.2, 0.25) is 0 Å². The summed E-state index contributed by atoms with van der Waals surface area (Å²) in [6.45, 7) is 1.89. The molecular formula is C19H22N4O2.